The third kappa shape index (κ3) is 9.21. The predicted molar refractivity (Wildman–Crippen MR) is 57.6 cm³/mol. The number of hydrogen-bond donors (Lipinski definition) is 1. The molecule has 0 saturated carbocycles. The van der Waals surface area contributed by atoms with Gasteiger partial charge in [0.2, 0.25) is 5.91 Å². The second kappa shape index (κ2) is 9.39. The van der Waals surface area contributed by atoms with Gasteiger partial charge in [0.1, 0.15) is 0 Å². The van der Waals surface area contributed by atoms with E-state index in [-0.39, 0.29) is 5.91 Å². The van der Waals surface area contributed by atoms with Gasteiger partial charge >= 0.3 is 0 Å². The fraction of sp³-hybridized carbons (Fsp3) is 0.667. The smallest absolute Gasteiger partial charge is 0.246 e. The van der Waals surface area contributed by atoms with Crippen molar-refractivity contribution in [1.82, 2.24) is 4.90 Å². The van der Waals surface area contributed by atoms with E-state index in [1.807, 2.05) is 25.9 Å². The molecule has 0 spiro atoms. The lowest BCUT2D eigenvalue weighted by molar-refractivity contribution is -0.114. The lowest BCUT2D eigenvalue weighted by Gasteiger charge is -2.07. The van der Waals surface area contributed by atoms with Crippen LogP contribution >= 0.6 is 11.6 Å². The zero-order valence-electron chi connectivity index (χ0n) is 8.80. The molecule has 13 heavy (non-hydrogen) atoms. The molecule has 0 fully saturated rings. The lowest BCUT2D eigenvalue weighted by atomic mass is 10.1. The summed E-state index contributed by atoms with van der Waals surface area (Å²) in [5.74, 6) is -0.319. The fourth-order valence-electron chi connectivity index (χ4n) is 0.832. The zero-order chi connectivity index (χ0) is 10.9. The minimum atomic E-state index is -0.319. The first-order chi connectivity index (χ1) is 6.07. The van der Waals surface area contributed by atoms with Gasteiger partial charge in [-0.3, -0.25) is 4.79 Å². The summed E-state index contributed by atoms with van der Waals surface area (Å²) < 4.78 is 0. The molecule has 3 nitrogen and oxygen atoms in total. The molecule has 78 valence electrons. The first-order valence-corrected chi connectivity index (χ1v) is 4.88. The van der Waals surface area contributed by atoms with Crippen LogP contribution in [-0.4, -0.2) is 31.3 Å². The first kappa shape index (κ1) is 14.8. The van der Waals surface area contributed by atoms with Gasteiger partial charge in [0.25, 0.3) is 0 Å². The van der Waals surface area contributed by atoms with E-state index in [4.69, 9.17) is 5.73 Å². The fourth-order valence-corrected chi connectivity index (χ4v) is 0.832. The number of primary amides is 1. The van der Waals surface area contributed by atoms with E-state index in [0.29, 0.717) is 5.57 Å². The van der Waals surface area contributed by atoms with Crippen LogP contribution in [0.3, 0.4) is 0 Å². The molecule has 0 saturated heterocycles. The number of amides is 1. The van der Waals surface area contributed by atoms with E-state index in [1.54, 1.807) is 6.20 Å². The molecule has 0 unspecified atom stereocenters. The van der Waals surface area contributed by atoms with Gasteiger partial charge in [-0.15, -0.1) is 11.6 Å². The summed E-state index contributed by atoms with van der Waals surface area (Å²) in [7, 11) is 3.75. The number of carbonyl (C=O) groups excluding carboxylic acids is 1. The van der Waals surface area contributed by atoms with Crippen LogP contribution in [0.25, 0.3) is 0 Å². The third-order valence-electron chi connectivity index (χ3n) is 1.25. The highest BCUT2D eigenvalue weighted by molar-refractivity contribution is 6.15. The second-order valence-electron chi connectivity index (χ2n) is 2.73. The van der Waals surface area contributed by atoms with Crippen molar-refractivity contribution >= 4 is 17.5 Å². The summed E-state index contributed by atoms with van der Waals surface area (Å²) in [5, 5.41) is 0. The zero-order valence-corrected chi connectivity index (χ0v) is 9.56. The number of hydrogen-bond acceptors (Lipinski definition) is 2. The van der Waals surface area contributed by atoms with Crippen LogP contribution in [0.15, 0.2) is 11.8 Å². The van der Waals surface area contributed by atoms with Crippen LogP contribution in [0.4, 0.5) is 0 Å². The highest BCUT2D eigenvalue weighted by Gasteiger charge is 2.02. The Hall–Kier alpha value is -0.700. The van der Waals surface area contributed by atoms with Gasteiger partial charge in [0.15, 0.2) is 0 Å². The topological polar surface area (TPSA) is 46.3 Å². The molecule has 1 amide bonds. The van der Waals surface area contributed by atoms with Crippen LogP contribution in [0.1, 0.15) is 19.8 Å². The largest absolute Gasteiger partial charge is 0.383 e. The van der Waals surface area contributed by atoms with E-state index in [9.17, 15) is 4.79 Å². The third-order valence-corrected chi connectivity index (χ3v) is 1.25. The molecule has 2 N–H and O–H groups in total. The van der Waals surface area contributed by atoms with Crippen molar-refractivity contribution < 1.29 is 4.79 Å². The van der Waals surface area contributed by atoms with Crippen molar-refractivity contribution in [3.63, 3.8) is 0 Å². The maximum absolute atomic E-state index is 10.8. The van der Waals surface area contributed by atoms with Crippen LogP contribution in [-0.2, 0) is 4.79 Å². The van der Waals surface area contributed by atoms with E-state index < -0.39 is 0 Å². The van der Waals surface area contributed by atoms with Crippen LogP contribution in [0.5, 0.6) is 0 Å². The molecule has 0 aliphatic carbocycles. The van der Waals surface area contributed by atoms with Crippen molar-refractivity contribution in [2.24, 2.45) is 5.73 Å². The Bertz CT molecular complexity index is 167. The number of rotatable bonds is 4. The Balaban J connectivity index is 0. The summed E-state index contributed by atoms with van der Waals surface area (Å²) in [5.41, 5.74) is 5.83. The summed E-state index contributed by atoms with van der Waals surface area (Å²) in [6.07, 6.45) is 4.95. The van der Waals surface area contributed by atoms with E-state index >= 15 is 0 Å². The Morgan fingerprint density at radius 1 is 1.46 bits per heavy atom. The molecule has 0 atom stereocenters. The highest BCUT2D eigenvalue weighted by Crippen LogP contribution is 2.03. The first-order valence-electron chi connectivity index (χ1n) is 4.12. The molecular weight excluding hydrogens is 188 g/mol. The van der Waals surface area contributed by atoms with E-state index in [0.717, 1.165) is 12.8 Å². The van der Waals surface area contributed by atoms with E-state index in [2.05, 4.69) is 11.6 Å². The van der Waals surface area contributed by atoms with Crippen molar-refractivity contribution in [2.45, 2.75) is 19.8 Å². The molecule has 0 bridgehead atoms. The number of carbonyl (C=O) groups is 1. The highest BCUT2D eigenvalue weighted by atomic mass is 35.5. The molecule has 4 heteroatoms. The normalized spacial score (nSPS) is 10.1. The molecule has 0 aliphatic rings. The molecule has 0 rings (SSSR count). The standard InChI is InChI=1S/C8H16N2O.CH3Cl/c1-4-5-7(8(9)11)6-10(2)3;1-2/h6H,4-5H2,1-3H3,(H2,9,11);1H3. The average molecular weight is 207 g/mol. The Morgan fingerprint density at radius 3 is 2.15 bits per heavy atom. The van der Waals surface area contributed by atoms with Gasteiger partial charge in [-0.2, -0.15) is 0 Å². The summed E-state index contributed by atoms with van der Waals surface area (Å²) in [6.45, 7) is 2.02. The molecule has 0 aliphatic heterocycles. The van der Waals surface area contributed by atoms with Crippen molar-refractivity contribution in [1.29, 1.82) is 0 Å². The van der Waals surface area contributed by atoms with Gasteiger partial charge in [-0.25, -0.2) is 0 Å². The molecule has 0 aromatic heterocycles. The van der Waals surface area contributed by atoms with E-state index in [1.165, 1.54) is 6.38 Å². The number of nitrogens with zero attached hydrogens (tertiary/aromatic N) is 1. The van der Waals surface area contributed by atoms with Gasteiger partial charge in [0.05, 0.1) is 0 Å². The average Bonchev–Trinajstić information content (AvgIpc) is 2.06. The maximum atomic E-state index is 10.8. The number of alkyl halides is 1. The van der Waals surface area contributed by atoms with Crippen molar-refractivity contribution in [2.75, 3.05) is 20.5 Å². The number of halogens is 1. The maximum Gasteiger partial charge on any atom is 0.246 e. The van der Waals surface area contributed by atoms with Crippen LogP contribution in [0, 0.1) is 0 Å². The van der Waals surface area contributed by atoms with Gasteiger partial charge in [-0.05, 0) is 6.42 Å². The molecule has 0 aromatic carbocycles. The minimum Gasteiger partial charge on any atom is -0.383 e. The molecular formula is C9H19ClN2O. The predicted octanol–water partition coefficient (Wildman–Crippen LogP) is 1.57. The SMILES string of the molecule is CCCC(=CN(C)C)C(N)=O.CCl. The van der Waals surface area contributed by atoms with Gasteiger partial charge in [-0.1, -0.05) is 13.3 Å². The van der Waals surface area contributed by atoms with Crippen LogP contribution < -0.4 is 5.73 Å². The Kier molecular flexibility index (Phi) is 10.7. The van der Waals surface area contributed by atoms with Gasteiger partial charge in [0, 0.05) is 32.3 Å². The molecule has 0 aromatic rings. The summed E-state index contributed by atoms with van der Waals surface area (Å²) in [6, 6.07) is 0. The van der Waals surface area contributed by atoms with Crippen molar-refractivity contribution in [3.8, 4) is 0 Å². The minimum absolute atomic E-state index is 0.319. The summed E-state index contributed by atoms with van der Waals surface area (Å²) >= 11 is 4.64. The second-order valence-corrected chi connectivity index (χ2v) is 2.73. The lowest BCUT2D eigenvalue weighted by Crippen LogP contribution is -2.16. The molecule has 0 heterocycles. The molecule has 0 radical (unpaired) electrons. The quantitative estimate of drug-likeness (QED) is 0.561. The Morgan fingerprint density at radius 2 is 1.92 bits per heavy atom. The van der Waals surface area contributed by atoms with Gasteiger partial charge < -0.3 is 10.6 Å². The monoisotopic (exact) mass is 206 g/mol. The van der Waals surface area contributed by atoms with Crippen LogP contribution in [0.2, 0.25) is 0 Å². The summed E-state index contributed by atoms with van der Waals surface area (Å²) in [4.78, 5) is 12.6. The van der Waals surface area contributed by atoms with Crippen molar-refractivity contribution in [3.05, 3.63) is 11.8 Å². The Labute approximate surface area is 85.5 Å². The number of nitrogens with two attached hydrogens (primary N) is 1.